The summed E-state index contributed by atoms with van der Waals surface area (Å²) in [5.41, 5.74) is 6.08. The van der Waals surface area contributed by atoms with Crippen LogP contribution < -0.4 is 5.73 Å². The minimum atomic E-state index is -0.221. The smallest absolute Gasteiger partial charge is 0.0906 e. The van der Waals surface area contributed by atoms with E-state index in [1.165, 1.54) is 25.7 Å². The molecule has 0 spiro atoms. The van der Waals surface area contributed by atoms with E-state index in [0.29, 0.717) is 13.0 Å². The van der Waals surface area contributed by atoms with E-state index in [2.05, 4.69) is 18.9 Å². The lowest BCUT2D eigenvalue weighted by molar-refractivity contribution is 0.0654. The molecule has 0 bridgehead atoms. The molecule has 1 aliphatic rings. The van der Waals surface area contributed by atoms with Crippen LogP contribution in [0.15, 0.2) is 0 Å². The van der Waals surface area contributed by atoms with Gasteiger partial charge in [-0.15, -0.1) is 0 Å². The average Bonchev–Trinajstić information content (AvgIpc) is 2.27. The molecule has 0 aromatic heterocycles. The quantitative estimate of drug-likeness (QED) is 0.763. The van der Waals surface area contributed by atoms with Gasteiger partial charge in [0.15, 0.2) is 0 Å². The molecule has 1 rings (SSSR count). The predicted molar refractivity (Wildman–Crippen MR) is 62.6 cm³/mol. The maximum atomic E-state index is 12.2. The Labute approximate surface area is 93.0 Å². The Kier molecular flexibility index (Phi) is 5.00. The van der Waals surface area contributed by atoms with Crippen LogP contribution in [0.1, 0.15) is 39.0 Å². The Morgan fingerprint density at radius 2 is 2.00 bits per heavy atom. The van der Waals surface area contributed by atoms with Crippen molar-refractivity contribution in [3.05, 3.63) is 0 Å². The number of hydrogen-bond donors (Lipinski definition) is 1. The standard InChI is InChI=1S/C12H25FN2/c1-11-4-6-12(10-14,7-5-11)15(2)9-3-8-13/h11H,3-10,14H2,1-2H3. The molecule has 1 saturated carbocycles. The van der Waals surface area contributed by atoms with Gasteiger partial charge in [-0.25, -0.2) is 0 Å². The largest absolute Gasteiger partial charge is 0.329 e. The molecule has 0 heterocycles. The van der Waals surface area contributed by atoms with Crippen molar-refractivity contribution in [2.75, 3.05) is 26.8 Å². The summed E-state index contributed by atoms with van der Waals surface area (Å²) in [6, 6.07) is 0. The van der Waals surface area contributed by atoms with Gasteiger partial charge in [-0.3, -0.25) is 9.29 Å². The first kappa shape index (κ1) is 12.9. The Bertz CT molecular complexity index is 176. The maximum Gasteiger partial charge on any atom is 0.0906 e. The molecule has 15 heavy (non-hydrogen) atoms. The van der Waals surface area contributed by atoms with Crippen LogP contribution in [-0.2, 0) is 0 Å². The van der Waals surface area contributed by atoms with Crippen LogP contribution in [0.4, 0.5) is 4.39 Å². The van der Waals surface area contributed by atoms with Gasteiger partial charge in [0.05, 0.1) is 6.67 Å². The van der Waals surface area contributed by atoms with E-state index < -0.39 is 0 Å². The molecule has 1 fully saturated rings. The van der Waals surface area contributed by atoms with E-state index in [4.69, 9.17) is 5.73 Å². The number of alkyl halides is 1. The van der Waals surface area contributed by atoms with Crippen molar-refractivity contribution in [1.82, 2.24) is 4.90 Å². The molecule has 0 aromatic carbocycles. The predicted octanol–water partition coefficient (Wildman–Crippen LogP) is 2.19. The van der Waals surface area contributed by atoms with E-state index in [0.717, 1.165) is 12.5 Å². The first-order chi connectivity index (χ1) is 7.14. The van der Waals surface area contributed by atoms with Gasteiger partial charge in [-0.05, 0) is 45.1 Å². The van der Waals surface area contributed by atoms with Crippen LogP contribution in [0.5, 0.6) is 0 Å². The highest BCUT2D eigenvalue weighted by atomic mass is 19.1. The molecule has 1 aliphatic carbocycles. The van der Waals surface area contributed by atoms with Crippen molar-refractivity contribution >= 4 is 0 Å². The van der Waals surface area contributed by atoms with Gasteiger partial charge >= 0.3 is 0 Å². The molecular formula is C12H25FN2. The zero-order chi connectivity index (χ0) is 11.3. The molecule has 2 nitrogen and oxygen atoms in total. The van der Waals surface area contributed by atoms with Gasteiger partial charge in [0.25, 0.3) is 0 Å². The molecule has 0 saturated heterocycles. The number of nitrogens with zero attached hydrogens (tertiary/aromatic N) is 1. The minimum absolute atomic E-state index is 0.154. The fourth-order valence-corrected chi connectivity index (χ4v) is 2.58. The minimum Gasteiger partial charge on any atom is -0.329 e. The zero-order valence-corrected chi connectivity index (χ0v) is 10.1. The lowest BCUT2D eigenvalue weighted by Gasteiger charge is -2.45. The summed E-state index contributed by atoms with van der Waals surface area (Å²) < 4.78 is 12.2. The van der Waals surface area contributed by atoms with Crippen LogP contribution in [-0.4, -0.2) is 37.3 Å². The van der Waals surface area contributed by atoms with E-state index in [-0.39, 0.29) is 12.2 Å². The number of likely N-dealkylation sites (N-methyl/N-ethyl adjacent to an activating group) is 1. The molecule has 90 valence electrons. The van der Waals surface area contributed by atoms with Gasteiger partial charge in [0.2, 0.25) is 0 Å². The lowest BCUT2D eigenvalue weighted by Crippen LogP contribution is -2.54. The van der Waals surface area contributed by atoms with Gasteiger partial charge in [0, 0.05) is 18.6 Å². The summed E-state index contributed by atoms with van der Waals surface area (Å²) in [4.78, 5) is 2.29. The Hall–Kier alpha value is -0.150. The van der Waals surface area contributed by atoms with E-state index >= 15 is 0 Å². The first-order valence-electron chi connectivity index (χ1n) is 6.12. The third kappa shape index (κ3) is 3.15. The van der Waals surface area contributed by atoms with E-state index in [1.54, 1.807) is 0 Å². The van der Waals surface area contributed by atoms with Crippen molar-refractivity contribution in [2.24, 2.45) is 11.7 Å². The van der Waals surface area contributed by atoms with Crippen LogP contribution in [0.2, 0.25) is 0 Å². The first-order valence-corrected chi connectivity index (χ1v) is 6.12. The monoisotopic (exact) mass is 216 g/mol. The van der Waals surface area contributed by atoms with E-state index in [1.807, 2.05) is 0 Å². The van der Waals surface area contributed by atoms with Gasteiger partial charge in [-0.2, -0.15) is 0 Å². The zero-order valence-electron chi connectivity index (χ0n) is 10.1. The summed E-state index contributed by atoms with van der Waals surface area (Å²) in [6.07, 6.45) is 5.50. The summed E-state index contributed by atoms with van der Waals surface area (Å²) in [5, 5.41) is 0. The number of hydrogen-bond acceptors (Lipinski definition) is 2. The molecule has 0 aromatic rings. The topological polar surface area (TPSA) is 29.3 Å². The van der Waals surface area contributed by atoms with Crippen molar-refractivity contribution in [3.8, 4) is 0 Å². The van der Waals surface area contributed by atoms with E-state index in [9.17, 15) is 4.39 Å². The van der Waals surface area contributed by atoms with Crippen molar-refractivity contribution < 1.29 is 4.39 Å². The van der Waals surface area contributed by atoms with Crippen molar-refractivity contribution in [3.63, 3.8) is 0 Å². The highest BCUT2D eigenvalue weighted by molar-refractivity contribution is 4.94. The highest BCUT2D eigenvalue weighted by Crippen LogP contribution is 2.35. The Morgan fingerprint density at radius 1 is 1.40 bits per heavy atom. The van der Waals surface area contributed by atoms with Crippen LogP contribution >= 0.6 is 0 Å². The number of nitrogens with two attached hydrogens (primary N) is 1. The van der Waals surface area contributed by atoms with Crippen LogP contribution in [0, 0.1) is 5.92 Å². The molecule has 0 radical (unpaired) electrons. The van der Waals surface area contributed by atoms with Crippen molar-refractivity contribution in [1.29, 1.82) is 0 Å². The third-order valence-electron chi connectivity index (χ3n) is 4.02. The Balaban J connectivity index is 2.51. The summed E-state index contributed by atoms with van der Waals surface area (Å²) in [6.45, 7) is 3.63. The second-order valence-corrected chi connectivity index (χ2v) is 5.08. The fourth-order valence-electron chi connectivity index (χ4n) is 2.58. The van der Waals surface area contributed by atoms with Crippen molar-refractivity contribution in [2.45, 2.75) is 44.6 Å². The Morgan fingerprint density at radius 3 is 2.47 bits per heavy atom. The number of halogens is 1. The molecule has 0 unspecified atom stereocenters. The number of rotatable bonds is 5. The highest BCUT2D eigenvalue weighted by Gasteiger charge is 2.36. The average molecular weight is 216 g/mol. The molecule has 3 heteroatoms. The summed E-state index contributed by atoms with van der Waals surface area (Å²) in [7, 11) is 2.10. The van der Waals surface area contributed by atoms with Gasteiger partial charge in [0.1, 0.15) is 0 Å². The lowest BCUT2D eigenvalue weighted by atomic mass is 9.76. The van der Waals surface area contributed by atoms with Gasteiger partial charge in [-0.1, -0.05) is 6.92 Å². The maximum absolute atomic E-state index is 12.2. The molecule has 0 amide bonds. The molecular weight excluding hydrogens is 191 g/mol. The van der Waals surface area contributed by atoms with Crippen LogP contribution in [0.25, 0.3) is 0 Å². The van der Waals surface area contributed by atoms with Crippen LogP contribution in [0.3, 0.4) is 0 Å². The normalized spacial score (nSPS) is 32.2. The third-order valence-corrected chi connectivity index (χ3v) is 4.02. The molecule has 2 N–H and O–H groups in total. The fraction of sp³-hybridized carbons (Fsp3) is 1.00. The molecule has 0 atom stereocenters. The van der Waals surface area contributed by atoms with Gasteiger partial charge < -0.3 is 5.73 Å². The summed E-state index contributed by atoms with van der Waals surface area (Å²) >= 11 is 0. The SMILES string of the molecule is CC1CCC(CN)(N(C)CCCF)CC1. The summed E-state index contributed by atoms with van der Waals surface area (Å²) in [5.74, 6) is 0.833. The molecule has 0 aliphatic heterocycles. The second-order valence-electron chi connectivity index (χ2n) is 5.08. The second kappa shape index (κ2) is 5.80.